The smallest absolute Gasteiger partial charge is 0.0654 e. The Morgan fingerprint density at radius 1 is 0.542 bits per heavy atom. The molecule has 0 bridgehead atoms. The summed E-state index contributed by atoms with van der Waals surface area (Å²) in [6.07, 6.45) is 3.87. The molecule has 3 aromatic rings. The lowest BCUT2D eigenvalue weighted by atomic mass is 10.3. The first-order valence-electron chi connectivity index (χ1n) is 9.04. The standard InChI is InChI=1S/C23H26Si/c1-2-3-13-20-24(21-14-7-4-8-15-21,22-16-9-5-10-17-22)23-18-11-6-12-19-23/h4-12,14-19H,2-3,13,20H2,1H3. The molecule has 0 saturated carbocycles. The van der Waals surface area contributed by atoms with Crippen molar-refractivity contribution in [3.05, 3.63) is 91.0 Å². The van der Waals surface area contributed by atoms with Gasteiger partial charge in [0.05, 0.1) is 0 Å². The monoisotopic (exact) mass is 330 g/mol. The molecule has 0 amide bonds. The molecule has 0 aliphatic rings. The van der Waals surface area contributed by atoms with Crippen molar-refractivity contribution in [2.45, 2.75) is 32.2 Å². The average molecular weight is 331 g/mol. The maximum absolute atomic E-state index is 2.35. The second-order valence-corrected chi connectivity index (χ2v) is 10.5. The molecule has 24 heavy (non-hydrogen) atoms. The van der Waals surface area contributed by atoms with Gasteiger partial charge in [0.25, 0.3) is 0 Å². The van der Waals surface area contributed by atoms with Crippen LogP contribution >= 0.6 is 0 Å². The van der Waals surface area contributed by atoms with E-state index in [1.54, 1.807) is 0 Å². The van der Waals surface area contributed by atoms with Gasteiger partial charge in [-0.05, 0) is 21.6 Å². The fourth-order valence-corrected chi connectivity index (χ4v) is 8.67. The van der Waals surface area contributed by atoms with E-state index in [0.717, 1.165) is 0 Å². The van der Waals surface area contributed by atoms with Crippen molar-refractivity contribution in [3.8, 4) is 0 Å². The summed E-state index contributed by atoms with van der Waals surface area (Å²) in [5.41, 5.74) is 0. The molecule has 1 heteroatoms. The van der Waals surface area contributed by atoms with Crippen LogP contribution < -0.4 is 15.6 Å². The molecular weight excluding hydrogens is 304 g/mol. The first-order valence-corrected chi connectivity index (χ1v) is 11.2. The number of hydrogen-bond donors (Lipinski definition) is 0. The van der Waals surface area contributed by atoms with Crippen LogP contribution in [0, 0.1) is 0 Å². The Kier molecular flexibility index (Phi) is 5.66. The van der Waals surface area contributed by atoms with Crippen LogP contribution in [-0.4, -0.2) is 8.07 Å². The molecule has 3 rings (SSSR count). The molecule has 0 nitrogen and oxygen atoms in total. The Hall–Kier alpha value is -2.12. The van der Waals surface area contributed by atoms with Crippen LogP contribution in [0.3, 0.4) is 0 Å². The highest BCUT2D eigenvalue weighted by Crippen LogP contribution is 2.17. The molecule has 0 aliphatic heterocycles. The third kappa shape index (κ3) is 3.37. The summed E-state index contributed by atoms with van der Waals surface area (Å²) in [6.45, 7) is 2.29. The van der Waals surface area contributed by atoms with Crippen LogP contribution in [0.4, 0.5) is 0 Å². The normalized spacial score (nSPS) is 11.4. The lowest BCUT2D eigenvalue weighted by molar-refractivity contribution is 0.766. The highest BCUT2D eigenvalue weighted by molar-refractivity contribution is 7.11. The maximum Gasteiger partial charge on any atom is 0.148 e. The van der Waals surface area contributed by atoms with Crippen molar-refractivity contribution in [1.82, 2.24) is 0 Å². The third-order valence-corrected chi connectivity index (χ3v) is 10.0. The predicted octanol–water partition coefficient (Wildman–Crippen LogP) is 4.35. The van der Waals surface area contributed by atoms with E-state index in [2.05, 4.69) is 97.9 Å². The van der Waals surface area contributed by atoms with Crippen molar-refractivity contribution >= 4 is 23.6 Å². The summed E-state index contributed by atoms with van der Waals surface area (Å²) >= 11 is 0. The van der Waals surface area contributed by atoms with Crippen molar-refractivity contribution < 1.29 is 0 Å². The summed E-state index contributed by atoms with van der Waals surface area (Å²) in [5.74, 6) is 0. The third-order valence-electron chi connectivity index (χ3n) is 4.96. The Morgan fingerprint density at radius 2 is 0.917 bits per heavy atom. The van der Waals surface area contributed by atoms with E-state index in [0.29, 0.717) is 0 Å². The van der Waals surface area contributed by atoms with Gasteiger partial charge in [-0.3, -0.25) is 0 Å². The second kappa shape index (κ2) is 8.12. The van der Waals surface area contributed by atoms with Crippen molar-refractivity contribution in [2.75, 3.05) is 0 Å². The minimum absolute atomic E-state index is 1.27. The number of hydrogen-bond acceptors (Lipinski definition) is 0. The number of rotatable bonds is 7. The van der Waals surface area contributed by atoms with Crippen molar-refractivity contribution in [3.63, 3.8) is 0 Å². The molecule has 0 atom stereocenters. The summed E-state index contributed by atoms with van der Waals surface area (Å²) in [7, 11) is -1.96. The molecule has 0 spiro atoms. The molecule has 0 saturated heterocycles. The van der Waals surface area contributed by atoms with Gasteiger partial charge in [0.1, 0.15) is 8.07 Å². The number of benzene rings is 3. The van der Waals surface area contributed by atoms with Gasteiger partial charge in [-0.2, -0.15) is 0 Å². The molecule has 0 aliphatic carbocycles. The van der Waals surface area contributed by atoms with E-state index >= 15 is 0 Å². The van der Waals surface area contributed by atoms with Gasteiger partial charge < -0.3 is 0 Å². The molecular formula is C23H26Si. The topological polar surface area (TPSA) is 0 Å². The Morgan fingerprint density at radius 3 is 1.25 bits per heavy atom. The van der Waals surface area contributed by atoms with Gasteiger partial charge in [0.2, 0.25) is 0 Å². The van der Waals surface area contributed by atoms with Crippen LogP contribution in [0.2, 0.25) is 6.04 Å². The van der Waals surface area contributed by atoms with E-state index in [9.17, 15) is 0 Å². The molecule has 0 heterocycles. The van der Waals surface area contributed by atoms with Crippen LogP contribution in [0.5, 0.6) is 0 Å². The Labute approximate surface area is 147 Å². The largest absolute Gasteiger partial charge is 0.148 e. The van der Waals surface area contributed by atoms with Crippen molar-refractivity contribution in [2.24, 2.45) is 0 Å². The zero-order chi connectivity index (χ0) is 16.7. The van der Waals surface area contributed by atoms with Gasteiger partial charge >= 0.3 is 0 Å². The summed E-state index contributed by atoms with van der Waals surface area (Å²) < 4.78 is 0. The maximum atomic E-state index is 2.35. The predicted molar refractivity (Wildman–Crippen MR) is 108 cm³/mol. The van der Waals surface area contributed by atoms with Gasteiger partial charge in [0, 0.05) is 0 Å². The fraction of sp³-hybridized carbons (Fsp3) is 0.217. The zero-order valence-electron chi connectivity index (χ0n) is 14.5. The highest BCUT2D eigenvalue weighted by Gasteiger charge is 2.38. The molecule has 3 aromatic carbocycles. The molecule has 0 radical (unpaired) electrons. The van der Waals surface area contributed by atoms with Crippen LogP contribution in [0.25, 0.3) is 0 Å². The van der Waals surface area contributed by atoms with Crippen LogP contribution in [0.1, 0.15) is 26.2 Å². The van der Waals surface area contributed by atoms with Crippen LogP contribution in [-0.2, 0) is 0 Å². The minimum atomic E-state index is -1.96. The molecule has 0 N–H and O–H groups in total. The molecule has 0 unspecified atom stereocenters. The van der Waals surface area contributed by atoms with Gasteiger partial charge in [0.15, 0.2) is 0 Å². The van der Waals surface area contributed by atoms with E-state index < -0.39 is 8.07 Å². The fourth-order valence-electron chi connectivity index (χ4n) is 3.74. The summed E-state index contributed by atoms with van der Waals surface area (Å²) in [4.78, 5) is 0. The SMILES string of the molecule is CCCCC[Si](c1ccccc1)(c1ccccc1)c1ccccc1. The zero-order valence-corrected chi connectivity index (χ0v) is 15.5. The van der Waals surface area contributed by atoms with Crippen molar-refractivity contribution in [1.29, 1.82) is 0 Å². The first kappa shape index (κ1) is 16.7. The average Bonchev–Trinajstić information content (AvgIpc) is 2.68. The first-order chi connectivity index (χ1) is 11.9. The lowest BCUT2D eigenvalue weighted by Crippen LogP contribution is -2.66. The van der Waals surface area contributed by atoms with E-state index in [4.69, 9.17) is 0 Å². The molecule has 0 fully saturated rings. The quantitative estimate of drug-likeness (QED) is 0.343. The Bertz CT molecular complexity index is 623. The van der Waals surface area contributed by atoms with Crippen LogP contribution in [0.15, 0.2) is 91.0 Å². The summed E-state index contributed by atoms with van der Waals surface area (Å²) in [6, 6.07) is 34.9. The minimum Gasteiger partial charge on any atom is -0.0654 e. The number of unbranched alkanes of at least 4 members (excludes halogenated alkanes) is 2. The lowest BCUT2D eigenvalue weighted by Gasteiger charge is -2.34. The van der Waals surface area contributed by atoms with E-state index in [1.165, 1.54) is 40.9 Å². The second-order valence-electron chi connectivity index (χ2n) is 6.46. The summed E-state index contributed by atoms with van der Waals surface area (Å²) in [5, 5.41) is 4.58. The van der Waals surface area contributed by atoms with Gasteiger partial charge in [-0.25, -0.2) is 0 Å². The highest BCUT2D eigenvalue weighted by atomic mass is 28.3. The molecule has 0 aromatic heterocycles. The van der Waals surface area contributed by atoms with E-state index in [1.807, 2.05) is 0 Å². The van der Waals surface area contributed by atoms with Gasteiger partial charge in [-0.1, -0.05) is 117 Å². The van der Waals surface area contributed by atoms with E-state index in [-0.39, 0.29) is 0 Å². The Balaban J connectivity index is 2.20. The van der Waals surface area contributed by atoms with Gasteiger partial charge in [-0.15, -0.1) is 0 Å². The molecule has 122 valence electrons.